The number of rotatable bonds is 5. The van der Waals surface area contributed by atoms with Gasteiger partial charge >= 0.3 is 0 Å². The average molecular weight is 444 g/mol. The molecule has 0 atom stereocenters. The van der Waals surface area contributed by atoms with Crippen LogP contribution in [0, 0.1) is 11.7 Å². The van der Waals surface area contributed by atoms with Crippen molar-refractivity contribution in [2.45, 2.75) is 20.3 Å². The van der Waals surface area contributed by atoms with E-state index in [-0.39, 0.29) is 29.8 Å². The standard InChI is InChI=1S/C13H19BrFN3.HI/c1-9(2)8-18-13(16)17-6-5-10-7-11(14)3-4-12(10)15;/h3-4,7,9H,5-6,8H2,1-2H3,(H3,16,17,18);1H. The van der Waals surface area contributed by atoms with Crippen molar-refractivity contribution in [1.29, 1.82) is 0 Å². The Hall–Kier alpha value is -0.370. The minimum Gasteiger partial charge on any atom is -0.370 e. The second-order valence-corrected chi connectivity index (χ2v) is 5.45. The van der Waals surface area contributed by atoms with Gasteiger partial charge < -0.3 is 11.1 Å². The molecule has 0 unspecified atom stereocenters. The first kappa shape index (κ1) is 18.6. The zero-order chi connectivity index (χ0) is 13.5. The van der Waals surface area contributed by atoms with Crippen LogP contribution >= 0.6 is 39.9 Å². The summed E-state index contributed by atoms with van der Waals surface area (Å²) in [5.41, 5.74) is 6.35. The van der Waals surface area contributed by atoms with E-state index < -0.39 is 0 Å². The van der Waals surface area contributed by atoms with Gasteiger partial charge in [-0.25, -0.2) is 4.39 Å². The highest BCUT2D eigenvalue weighted by molar-refractivity contribution is 14.0. The van der Waals surface area contributed by atoms with Gasteiger partial charge in [-0.3, -0.25) is 4.99 Å². The van der Waals surface area contributed by atoms with E-state index in [0.29, 0.717) is 37.0 Å². The molecular formula is C13H20BrFIN3. The zero-order valence-electron chi connectivity index (χ0n) is 11.1. The lowest BCUT2D eigenvalue weighted by Gasteiger charge is -2.07. The third-order valence-corrected chi connectivity index (χ3v) is 2.83. The molecule has 1 rings (SSSR count). The maximum absolute atomic E-state index is 13.4. The van der Waals surface area contributed by atoms with E-state index in [0.717, 1.165) is 4.47 Å². The smallest absolute Gasteiger partial charge is 0.188 e. The summed E-state index contributed by atoms with van der Waals surface area (Å²) >= 11 is 3.32. The number of hydrogen-bond acceptors (Lipinski definition) is 1. The van der Waals surface area contributed by atoms with Gasteiger partial charge in [0.15, 0.2) is 5.96 Å². The Bertz CT molecular complexity index is 424. The molecule has 0 bridgehead atoms. The van der Waals surface area contributed by atoms with Crippen LogP contribution in [-0.4, -0.2) is 19.0 Å². The topological polar surface area (TPSA) is 50.4 Å². The maximum atomic E-state index is 13.4. The Morgan fingerprint density at radius 2 is 2.16 bits per heavy atom. The highest BCUT2D eigenvalue weighted by Gasteiger charge is 2.02. The van der Waals surface area contributed by atoms with Gasteiger partial charge in [0.1, 0.15) is 5.82 Å². The molecule has 1 aromatic rings. The molecule has 3 nitrogen and oxygen atoms in total. The molecule has 0 radical (unpaired) electrons. The SMILES string of the molecule is CC(C)CN=C(N)NCCc1cc(Br)ccc1F.I. The van der Waals surface area contributed by atoms with Gasteiger partial charge in [0, 0.05) is 17.6 Å². The second kappa shape index (κ2) is 9.52. The van der Waals surface area contributed by atoms with Crippen LogP contribution in [0.5, 0.6) is 0 Å². The summed E-state index contributed by atoms with van der Waals surface area (Å²) in [7, 11) is 0. The first-order valence-electron chi connectivity index (χ1n) is 5.96. The van der Waals surface area contributed by atoms with Crippen LogP contribution in [0.4, 0.5) is 4.39 Å². The van der Waals surface area contributed by atoms with Crippen LogP contribution in [0.3, 0.4) is 0 Å². The first-order valence-corrected chi connectivity index (χ1v) is 6.76. The van der Waals surface area contributed by atoms with E-state index in [1.165, 1.54) is 6.07 Å². The summed E-state index contributed by atoms with van der Waals surface area (Å²) in [4.78, 5) is 4.18. The minimum absolute atomic E-state index is 0. The predicted molar refractivity (Wildman–Crippen MR) is 92.5 cm³/mol. The molecule has 0 aliphatic rings. The van der Waals surface area contributed by atoms with Crippen LogP contribution in [0.2, 0.25) is 0 Å². The lowest BCUT2D eigenvalue weighted by molar-refractivity contribution is 0.606. The summed E-state index contributed by atoms with van der Waals surface area (Å²) in [6.07, 6.45) is 0.573. The lowest BCUT2D eigenvalue weighted by Crippen LogP contribution is -2.33. The number of nitrogens with zero attached hydrogens (tertiary/aromatic N) is 1. The lowest BCUT2D eigenvalue weighted by atomic mass is 10.1. The fourth-order valence-electron chi connectivity index (χ4n) is 1.40. The molecule has 0 aromatic heterocycles. The van der Waals surface area contributed by atoms with Crippen molar-refractivity contribution >= 4 is 45.9 Å². The summed E-state index contributed by atoms with van der Waals surface area (Å²) in [5, 5.41) is 2.98. The van der Waals surface area contributed by atoms with E-state index in [1.807, 2.05) is 0 Å². The molecule has 0 fully saturated rings. The molecule has 0 saturated heterocycles. The molecule has 1 aromatic carbocycles. The van der Waals surface area contributed by atoms with Gasteiger partial charge in [0.2, 0.25) is 0 Å². The van der Waals surface area contributed by atoms with Gasteiger partial charge in [-0.2, -0.15) is 0 Å². The third-order valence-electron chi connectivity index (χ3n) is 2.33. The first-order chi connectivity index (χ1) is 8.49. The van der Waals surface area contributed by atoms with Gasteiger partial charge in [-0.1, -0.05) is 29.8 Å². The molecule has 19 heavy (non-hydrogen) atoms. The summed E-state index contributed by atoms with van der Waals surface area (Å²) in [6.45, 7) is 5.42. The maximum Gasteiger partial charge on any atom is 0.188 e. The number of aliphatic imine (C=N–C) groups is 1. The van der Waals surface area contributed by atoms with Crippen LogP contribution in [0.15, 0.2) is 27.7 Å². The molecular weight excluding hydrogens is 424 g/mol. The fourth-order valence-corrected chi connectivity index (χ4v) is 1.81. The Morgan fingerprint density at radius 3 is 2.79 bits per heavy atom. The quantitative estimate of drug-likeness (QED) is 0.416. The average Bonchev–Trinajstić information content (AvgIpc) is 2.31. The number of hydrogen-bond donors (Lipinski definition) is 2. The Labute approximate surface area is 139 Å². The van der Waals surface area contributed by atoms with E-state index in [9.17, 15) is 4.39 Å². The van der Waals surface area contributed by atoms with Gasteiger partial charge in [0.05, 0.1) is 0 Å². The summed E-state index contributed by atoms with van der Waals surface area (Å²) in [6, 6.07) is 4.92. The number of nitrogens with one attached hydrogen (secondary N) is 1. The van der Waals surface area contributed by atoms with E-state index in [1.54, 1.807) is 12.1 Å². The van der Waals surface area contributed by atoms with Crippen molar-refractivity contribution in [2.24, 2.45) is 16.6 Å². The van der Waals surface area contributed by atoms with Crippen LogP contribution in [0.25, 0.3) is 0 Å². The number of benzene rings is 1. The highest BCUT2D eigenvalue weighted by atomic mass is 127. The van der Waals surface area contributed by atoms with E-state index in [2.05, 4.69) is 40.1 Å². The Kier molecular flexibility index (Phi) is 9.34. The molecule has 0 aliphatic heterocycles. The van der Waals surface area contributed by atoms with Gasteiger partial charge in [0.25, 0.3) is 0 Å². The van der Waals surface area contributed by atoms with Crippen molar-refractivity contribution in [3.05, 3.63) is 34.1 Å². The molecule has 0 aliphatic carbocycles. The number of nitrogens with two attached hydrogens (primary N) is 1. The highest BCUT2D eigenvalue weighted by Crippen LogP contribution is 2.15. The largest absolute Gasteiger partial charge is 0.370 e. The Balaban J connectivity index is 0.00000324. The monoisotopic (exact) mass is 443 g/mol. The molecule has 0 amide bonds. The number of halogens is 3. The Morgan fingerprint density at radius 1 is 1.47 bits per heavy atom. The van der Waals surface area contributed by atoms with Crippen molar-refractivity contribution in [3.8, 4) is 0 Å². The van der Waals surface area contributed by atoms with E-state index >= 15 is 0 Å². The fraction of sp³-hybridized carbons (Fsp3) is 0.462. The molecule has 3 N–H and O–H groups in total. The molecule has 0 spiro atoms. The number of guanidine groups is 1. The van der Waals surface area contributed by atoms with Crippen molar-refractivity contribution < 1.29 is 4.39 Å². The third kappa shape index (κ3) is 7.71. The molecule has 0 saturated carbocycles. The van der Waals surface area contributed by atoms with Gasteiger partial charge in [-0.15, -0.1) is 24.0 Å². The zero-order valence-corrected chi connectivity index (χ0v) is 15.0. The van der Waals surface area contributed by atoms with Crippen molar-refractivity contribution in [2.75, 3.05) is 13.1 Å². The molecule has 108 valence electrons. The second-order valence-electron chi connectivity index (χ2n) is 4.53. The predicted octanol–water partition coefficient (Wildman–Crippen LogP) is 3.31. The van der Waals surface area contributed by atoms with Crippen LogP contribution in [0.1, 0.15) is 19.4 Å². The van der Waals surface area contributed by atoms with Gasteiger partial charge in [-0.05, 0) is 36.1 Å². The molecule has 0 heterocycles. The summed E-state index contributed by atoms with van der Waals surface area (Å²) in [5.74, 6) is 0.699. The van der Waals surface area contributed by atoms with E-state index in [4.69, 9.17) is 5.73 Å². The van der Waals surface area contributed by atoms with Crippen molar-refractivity contribution in [1.82, 2.24) is 5.32 Å². The summed E-state index contributed by atoms with van der Waals surface area (Å²) < 4.78 is 14.3. The van der Waals surface area contributed by atoms with Crippen molar-refractivity contribution in [3.63, 3.8) is 0 Å². The normalized spacial score (nSPS) is 11.3. The van der Waals surface area contributed by atoms with Crippen LogP contribution in [-0.2, 0) is 6.42 Å². The van der Waals surface area contributed by atoms with Crippen LogP contribution < -0.4 is 11.1 Å². The molecule has 6 heteroatoms. The minimum atomic E-state index is -0.197.